The Balaban J connectivity index is 2.11. The topological polar surface area (TPSA) is 46.2 Å². The van der Waals surface area contributed by atoms with Crippen molar-refractivity contribution in [1.29, 1.82) is 0 Å². The lowest BCUT2D eigenvalue weighted by Gasteiger charge is -2.06. The third-order valence-electron chi connectivity index (χ3n) is 4.06. The molecule has 1 N–H and O–H groups in total. The van der Waals surface area contributed by atoms with Crippen molar-refractivity contribution in [3.8, 4) is 0 Å². The summed E-state index contributed by atoms with van der Waals surface area (Å²) < 4.78 is 0. The number of carbonyl (C=O) groups is 2. The fourth-order valence-electron chi connectivity index (χ4n) is 2.64. The summed E-state index contributed by atoms with van der Waals surface area (Å²) in [6, 6.07) is 7.11. The molecular weight excluding hydrogens is 286 g/mol. The zero-order valence-electron chi connectivity index (χ0n) is 14.7. The quantitative estimate of drug-likeness (QED) is 0.394. The predicted molar refractivity (Wildman–Crippen MR) is 96.9 cm³/mol. The Labute approximate surface area is 140 Å². The highest BCUT2D eigenvalue weighted by atomic mass is 16.1. The van der Waals surface area contributed by atoms with Gasteiger partial charge >= 0.3 is 0 Å². The number of amides is 1. The first kappa shape index (κ1) is 19.4. The van der Waals surface area contributed by atoms with Gasteiger partial charge in [0.05, 0.1) is 0 Å². The second-order valence-electron chi connectivity index (χ2n) is 6.26. The number of carbonyl (C=O) groups excluding carboxylic acids is 2. The SMILES string of the molecule is CCCCCCCCCCCC(=O)Nc1cccc(C(C)=O)c1. The van der Waals surface area contributed by atoms with Gasteiger partial charge in [-0.05, 0) is 25.5 Å². The van der Waals surface area contributed by atoms with Crippen LogP contribution in [0.15, 0.2) is 24.3 Å². The van der Waals surface area contributed by atoms with Gasteiger partial charge in [-0.1, -0.05) is 70.4 Å². The Bertz CT molecular complexity index is 482. The third kappa shape index (κ3) is 9.17. The monoisotopic (exact) mass is 317 g/mol. The largest absolute Gasteiger partial charge is 0.326 e. The average molecular weight is 317 g/mol. The molecule has 0 heterocycles. The lowest BCUT2D eigenvalue weighted by Crippen LogP contribution is -2.11. The second-order valence-corrected chi connectivity index (χ2v) is 6.26. The van der Waals surface area contributed by atoms with Gasteiger partial charge < -0.3 is 5.32 Å². The number of hydrogen-bond donors (Lipinski definition) is 1. The van der Waals surface area contributed by atoms with Gasteiger partial charge in [-0.2, -0.15) is 0 Å². The predicted octanol–water partition coefficient (Wildman–Crippen LogP) is 5.75. The van der Waals surface area contributed by atoms with Crippen molar-refractivity contribution in [3.05, 3.63) is 29.8 Å². The van der Waals surface area contributed by atoms with Crippen LogP contribution in [0, 0.1) is 0 Å². The van der Waals surface area contributed by atoms with E-state index in [-0.39, 0.29) is 11.7 Å². The molecule has 0 saturated carbocycles. The summed E-state index contributed by atoms with van der Waals surface area (Å²) >= 11 is 0. The van der Waals surface area contributed by atoms with Gasteiger partial charge in [0.1, 0.15) is 0 Å². The number of hydrogen-bond acceptors (Lipinski definition) is 2. The molecule has 3 nitrogen and oxygen atoms in total. The summed E-state index contributed by atoms with van der Waals surface area (Å²) in [5.74, 6) is 0.0497. The number of anilines is 1. The van der Waals surface area contributed by atoms with Crippen LogP contribution in [0.2, 0.25) is 0 Å². The highest BCUT2D eigenvalue weighted by Gasteiger charge is 2.04. The molecule has 0 aliphatic carbocycles. The number of nitrogens with one attached hydrogen (secondary N) is 1. The van der Waals surface area contributed by atoms with E-state index in [0.29, 0.717) is 17.7 Å². The number of unbranched alkanes of at least 4 members (excludes halogenated alkanes) is 8. The fourth-order valence-corrected chi connectivity index (χ4v) is 2.64. The Kier molecular flexibility index (Phi) is 10.0. The molecule has 0 bridgehead atoms. The number of benzene rings is 1. The molecule has 1 rings (SSSR count). The first-order valence-electron chi connectivity index (χ1n) is 9.04. The van der Waals surface area contributed by atoms with Crippen LogP contribution in [0.5, 0.6) is 0 Å². The van der Waals surface area contributed by atoms with Crippen molar-refractivity contribution in [1.82, 2.24) is 0 Å². The van der Waals surface area contributed by atoms with E-state index in [1.807, 2.05) is 6.07 Å². The van der Waals surface area contributed by atoms with Crippen molar-refractivity contribution in [2.24, 2.45) is 0 Å². The van der Waals surface area contributed by atoms with Crippen LogP contribution in [0.25, 0.3) is 0 Å². The molecule has 0 spiro atoms. The Morgan fingerprint density at radius 1 is 0.913 bits per heavy atom. The molecule has 1 aromatic rings. The normalized spacial score (nSPS) is 10.5. The molecule has 0 aliphatic rings. The molecule has 0 atom stereocenters. The van der Waals surface area contributed by atoms with Gasteiger partial charge in [0, 0.05) is 17.7 Å². The van der Waals surface area contributed by atoms with Gasteiger partial charge in [-0.15, -0.1) is 0 Å². The molecule has 0 unspecified atom stereocenters. The molecule has 128 valence electrons. The maximum absolute atomic E-state index is 11.9. The maximum Gasteiger partial charge on any atom is 0.224 e. The lowest BCUT2D eigenvalue weighted by molar-refractivity contribution is -0.116. The first-order valence-corrected chi connectivity index (χ1v) is 9.04. The highest BCUT2D eigenvalue weighted by molar-refractivity contribution is 5.97. The lowest BCUT2D eigenvalue weighted by atomic mass is 10.1. The van der Waals surface area contributed by atoms with E-state index >= 15 is 0 Å². The summed E-state index contributed by atoms with van der Waals surface area (Å²) in [6.45, 7) is 3.77. The molecule has 0 saturated heterocycles. The Morgan fingerprint density at radius 3 is 2.13 bits per heavy atom. The smallest absolute Gasteiger partial charge is 0.224 e. The van der Waals surface area contributed by atoms with Crippen LogP contribution in [0.1, 0.15) is 88.4 Å². The Hall–Kier alpha value is -1.64. The van der Waals surface area contributed by atoms with Crippen molar-refractivity contribution in [2.45, 2.75) is 78.1 Å². The average Bonchev–Trinajstić information content (AvgIpc) is 2.53. The van der Waals surface area contributed by atoms with E-state index < -0.39 is 0 Å². The maximum atomic E-state index is 11.9. The van der Waals surface area contributed by atoms with Crippen molar-refractivity contribution < 1.29 is 9.59 Å². The standard InChI is InChI=1S/C20H31NO2/c1-3-4-5-6-7-8-9-10-11-15-20(23)21-19-14-12-13-18(16-19)17(2)22/h12-14,16H,3-11,15H2,1-2H3,(H,21,23). The summed E-state index contributed by atoms with van der Waals surface area (Å²) in [4.78, 5) is 23.2. The molecule has 0 fully saturated rings. The summed E-state index contributed by atoms with van der Waals surface area (Å²) in [7, 11) is 0. The fraction of sp³-hybridized carbons (Fsp3) is 0.600. The summed E-state index contributed by atoms with van der Waals surface area (Å²) in [5, 5.41) is 2.87. The molecule has 0 aliphatic heterocycles. The van der Waals surface area contributed by atoms with Gasteiger partial charge in [-0.3, -0.25) is 9.59 Å². The number of Topliss-reactive ketones (excluding diaryl/α,β-unsaturated/α-hetero) is 1. The zero-order valence-corrected chi connectivity index (χ0v) is 14.7. The minimum absolute atomic E-state index is 0.0139. The van der Waals surface area contributed by atoms with Crippen molar-refractivity contribution in [3.63, 3.8) is 0 Å². The minimum Gasteiger partial charge on any atom is -0.326 e. The molecule has 0 radical (unpaired) electrons. The van der Waals surface area contributed by atoms with Crippen molar-refractivity contribution >= 4 is 17.4 Å². The second kappa shape index (κ2) is 11.9. The molecule has 3 heteroatoms. The van der Waals surface area contributed by atoms with E-state index in [2.05, 4.69) is 12.2 Å². The van der Waals surface area contributed by atoms with E-state index in [0.717, 1.165) is 12.8 Å². The van der Waals surface area contributed by atoms with Crippen LogP contribution < -0.4 is 5.32 Å². The van der Waals surface area contributed by atoms with Crippen LogP contribution in [0.3, 0.4) is 0 Å². The molecular formula is C20H31NO2. The Morgan fingerprint density at radius 2 is 1.52 bits per heavy atom. The van der Waals surface area contributed by atoms with Gasteiger partial charge in [0.25, 0.3) is 0 Å². The minimum atomic E-state index is 0.0139. The molecule has 0 aromatic heterocycles. The summed E-state index contributed by atoms with van der Waals surface area (Å²) in [5.41, 5.74) is 1.34. The van der Waals surface area contributed by atoms with Crippen LogP contribution >= 0.6 is 0 Å². The first-order chi connectivity index (χ1) is 11.1. The number of rotatable bonds is 12. The zero-order chi connectivity index (χ0) is 16.9. The van der Waals surface area contributed by atoms with E-state index in [1.54, 1.807) is 18.2 Å². The van der Waals surface area contributed by atoms with E-state index in [4.69, 9.17) is 0 Å². The third-order valence-corrected chi connectivity index (χ3v) is 4.06. The van der Waals surface area contributed by atoms with E-state index in [9.17, 15) is 9.59 Å². The highest BCUT2D eigenvalue weighted by Crippen LogP contribution is 2.13. The van der Waals surface area contributed by atoms with Crippen LogP contribution in [0.4, 0.5) is 5.69 Å². The van der Waals surface area contributed by atoms with Gasteiger partial charge in [0.2, 0.25) is 5.91 Å². The van der Waals surface area contributed by atoms with E-state index in [1.165, 1.54) is 51.9 Å². The van der Waals surface area contributed by atoms with Gasteiger partial charge in [0.15, 0.2) is 5.78 Å². The number of ketones is 1. The molecule has 23 heavy (non-hydrogen) atoms. The summed E-state index contributed by atoms with van der Waals surface area (Å²) in [6.07, 6.45) is 11.8. The van der Waals surface area contributed by atoms with Crippen LogP contribution in [-0.4, -0.2) is 11.7 Å². The van der Waals surface area contributed by atoms with Crippen LogP contribution in [-0.2, 0) is 4.79 Å². The molecule has 1 aromatic carbocycles. The molecule has 1 amide bonds. The van der Waals surface area contributed by atoms with Crippen molar-refractivity contribution in [2.75, 3.05) is 5.32 Å². The van der Waals surface area contributed by atoms with Gasteiger partial charge in [-0.25, -0.2) is 0 Å².